The van der Waals surface area contributed by atoms with Gasteiger partial charge >= 0.3 is 0 Å². The largest absolute Gasteiger partial charge is 0.326 e. The molecule has 0 aromatic heterocycles. The molecule has 0 bridgehead atoms. The molecular formula is C14H20Cl2N2. The van der Waals surface area contributed by atoms with Gasteiger partial charge in [0, 0.05) is 22.1 Å². The van der Waals surface area contributed by atoms with Crippen molar-refractivity contribution in [3.63, 3.8) is 0 Å². The summed E-state index contributed by atoms with van der Waals surface area (Å²) in [6, 6.07) is 6.38. The van der Waals surface area contributed by atoms with E-state index in [0.29, 0.717) is 6.04 Å². The van der Waals surface area contributed by atoms with Crippen LogP contribution < -0.4 is 5.73 Å². The first kappa shape index (κ1) is 14.1. The Morgan fingerprint density at radius 1 is 1.33 bits per heavy atom. The van der Waals surface area contributed by atoms with Crippen LogP contribution in [0.25, 0.3) is 0 Å². The molecule has 1 fully saturated rings. The van der Waals surface area contributed by atoms with Gasteiger partial charge in [-0.2, -0.15) is 0 Å². The summed E-state index contributed by atoms with van der Waals surface area (Å²) in [5, 5.41) is 1.48. The highest BCUT2D eigenvalue weighted by atomic mass is 35.5. The molecule has 100 valence electrons. The maximum Gasteiger partial charge on any atom is 0.0517 e. The maximum atomic E-state index is 6.32. The van der Waals surface area contributed by atoms with Gasteiger partial charge in [-0.3, -0.25) is 4.90 Å². The average Bonchev–Trinajstić information content (AvgIpc) is 2.32. The summed E-state index contributed by atoms with van der Waals surface area (Å²) < 4.78 is 0. The molecule has 2 N–H and O–H groups in total. The molecule has 1 heterocycles. The van der Waals surface area contributed by atoms with E-state index < -0.39 is 0 Å². The molecule has 1 aromatic carbocycles. The van der Waals surface area contributed by atoms with Gasteiger partial charge in [-0.05, 0) is 57.0 Å². The zero-order chi connectivity index (χ0) is 13.3. The predicted octanol–water partition coefficient (Wildman–Crippen LogP) is 3.87. The Kier molecular flexibility index (Phi) is 4.54. The van der Waals surface area contributed by atoms with E-state index in [-0.39, 0.29) is 12.1 Å². The molecule has 2 unspecified atom stereocenters. The normalized spacial score (nSPS) is 25.7. The van der Waals surface area contributed by atoms with Crippen molar-refractivity contribution >= 4 is 23.2 Å². The van der Waals surface area contributed by atoms with E-state index in [9.17, 15) is 0 Å². The number of hydrogen-bond acceptors (Lipinski definition) is 2. The minimum atomic E-state index is 0.122. The van der Waals surface area contributed by atoms with Crippen LogP contribution >= 0.6 is 23.2 Å². The highest BCUT2D eigenvalue weighted by molar-refractivity contribution is 6.33. The minimum absolute atomic E-state index is 0.122. The quantitative estimate of drug-likeness (QED) is 0.894. The fourth-order valence-electron chi connectivity index (χ4n) is 2.78. The molecule has 0 aliphatic carbocycles. The van der Waals surface area contributed by atoms with Crippen LogP contribution in [0.3, 0.4) is 0 Å². The van der Waals surface area contributed by atoms with E-state index in [1.807, 2.05) is 18.2 Å². The SMILES string of the molecule is CC(C)N1CCCC(N)C1c1cc(Cl)ccc1Cl. The number of likely N-dealkylation sites (tertiary alicyclic amines) is 1. The van der Waals surface area contributed by atoms with Gasteiger partial charge in [0.15, 0.2) is 0 Å². The van der Waals surface area contributed by atoms with Crippen molar-refractivity contribution in [2.45, 2.75) is 44.8 Å². The maximum absolute atomic E-state index is 6.32. The van der Waals surface area contributed by atoms with E-state index in [1.54, 1.807) is 0 Å². The Labute approximate surface area is 119 Å². The first-order chi connectivity index (χ1) is 8.50. The number of nitrogens with two attached hydrogens (primary N) is 1. The van der Waals surface area contributed by atoms with Crippen LogP contribution in [-0.2, 0) is 0 Å². The molecule has 0 radical (unpaired) electrons. The average molecular weight is 287 g/mol. The Balaban J connectivity index is 2.40. The van der Waals surface area contributed by atoms with Crippen molar-refractivity contribution in [2.24, 2.45) is 5.73 Å². The highest BCUT2D eigenvalue weighted by Gasteiger charge is 2.33. The summed E-state index contributed by atoms with van der Waals surface area (Å²) >= 11 is 12.4. The molecule has 0 saturated carbocycles. The Hall–Kier alpha value is -0.280. The van der Waals surface area contributed by atoms with Gasteiger partial charge in [-0.1, -0.05) is 23.2 Å². The van der Waals surface area contributed by atoms with Gasteiger partial charge in [0.25, 0.3) is 0 Å². The lowest BCUT2D eigenvalue weighted by Gasteiger charge is -2.43. The van der Waals surface area contributed by atoms with Crippen molar-refractivity contribution in [3.05, 3.63) is 33.8 Å². The predicted molar refractivity (Wildman–Crippen MR) is 78.3 cm³/mol. The number of hydrogen-bond donors (Lipinski definition) is 1. The number of benzene rings is 1. The lowest BCUT2D eigenvalue weighted by Crippen LogP contribution is -2.48. The number of nitrogens with zero attached hydrogens (tertiary/aromatic N) is 1. The van der Waals surface area contributed by atoms with Crippen molar-refractivity contribution < 1.29 is 0 Å². The van der Waals surface area contributed by atoms with Crippen LogP contribution in [0.2, 0.25) is 10.0 Å². The van der Waals surface area contributed by atoms with Crippen LogP contribution in [0.1, 0.15) is 38.3 Å². The van der Waals surface area contributed by atoms with Gasteiger partial charge in [-0.15, -0.1) is 0 Å². The Morgan fingerprint density at radius 2 is 2.06 bits per heavy atom. The standard InChI is InChI=1S/C14H20Cl2N2/c1-9(2)18-7-3-4-13(17)14(18)11-8-10(15)5-6-12(11)16/h5-6,8-9,13-14H,3-4,7,17H2,1-2H3. The van der Waals surface area contributed by atoms with Gasteiger partial charge in [0.1, 0.15) is 0 Å². The Bertz CT molecular complexity index is 420. The molecule has 1 saturated heterocycles. The third kappa shape index (κ3) is 2.83. The van der Waals surface area contributed by atoms with E-state index in [0.717, 1.165) is 35.0 Å². The van der Waals surface area contributed by atoms with Crippen LogP contribution in [0.4, 0.5) is 0 Å². The zero-order valence-electron chi connectivity index (χ0n) is 10.9. The summed E-state index contributed by atoms with van der Waals surface area (Å²) in [5.41, 5.74) is 7.38. The number of halogens is 2. The second-order valence-electron chi connectivity index (χ2n) is 5.25. The van der Waals surface area contributed by atoms with Crippen molar-refractivity contribution in [1.29, 1.82) is 0 Å². The number of piperidine rings is 1. The van der Waals surface area contributed by atoms with E-state index in [1.165, 1.54) is 0 Å². The molecule has 2 nitrogen and oxygen atoms in total. The molecular weight excluding hydrogens is 267 g/mol. The first-order valence-electron chi connectivity index (χ1n) is 6.47. The summed E-state index contributed by atoms with van der Waals surface area (Å²) in [6.45, 7) is 5.46. The fourth-order valence-corrected chi connectivity index (χ4v) is 3.19. The molecule has 4 heteroatoms. The molecule has 1 aliphatic rings. The molecule has 0 spiro atoms. The highest BCUT2D eigenvalue weighted by Crippen LogP contribution is 2.36. The van der Waals surface area contributed by atoms with Crippen LogP contribution in [0.15, 0.2) is 18.2 Å². The molecule has 1 aromatic rings. The monoisotopic (exact) mass is 286 g/mol. The molecule has 1 aliphatic heterocycles. The molecule has 2 rings (SSSR count). The van der Waals surface area contributed by atoms with E-state index in [4.69, 9.17) is 28.9 Å². The Morgan fingerprint density at radius 3 is 2.72 bits per heavy atom. The van der Waals surface area contributed by atoms with E-state index in [2.05, 4.69) is 18.7 Å². The van der Waals surface area contributed by atoms with E-state index >= 15 is 0 Å². The molecule has 0 amide bonds. The summed E-state index contributed by atoms with van der Waals surface area (Å²) in [6.07, 6.45) is 2.19. The van der Waals surface area contributed by atoms with Gasteiger partial charge in [0.2, 0.25) is 0 Å². The minimum Gasteiger partial charge on any atom is -0.326 e. The lowest BCUT2D eigenvalue weighted by molar-refractivity contribution is 0.0948. The topological polar surface area (TPSA) is 29.3 Å². The smallest absolute Gasteiger partial charge is 0.0517 e. The third-order valence-electron chi connectivity index (χ3n) is 3.66. The zero-order valence-corrected chi connectivity index (χ0v) is 12.4. The second kappa shape index (κ2) is 5.79. The van der Waals surface area contributed by atoms with Crippen molar-refractivity contribution in [1.82, 2.24) is 4.90 Å². The third-order valence-corrected chi connectivity index (χ3v) is 4.24. The number of rotatable bonds is 2. The van der Waals surface area contributed by atoms with Crippen molar-refractivity contribution in [2.75, 3.05) is 6.54 Å². The molecule has 2 atom stereocenters. The van der Waals surface area contributed by atoms with Crippen LogP contribution in [-0.4, -0.2) is 23.5 Å². The molecule has 18 heavy (non-hydrogen) atoms. The summed E-state index contributed by atoms with van der Waals surface area (Å²) in [7, 11) is 0. The summed E-state index contributed by atoms with van der Waals surface area (Å²) in [5.74, 6) is 0. The van der Waals surface area contributed by atoms with Crippen molar-refractivity contribution in [3.8, 4) is 0 Å². The first-order valence-corrected chi connectivity index (χ1v) is 7.22. The second-order valence-corrected chi connectivity index (χ2v) is 6.09. The van der Waals surface area contributed by atoms with Gasteiger partial charge < -0.3 is 5.73 Å². The summed E-state index contributed by atoms with van der Waals surface area (Å²) in [4.78, 5) is 2.42. The fraction of sp³-hybridized carbons (Fsp3) is 0.571. The van der Waals surface area contributed by atoms with Crippen LogP contribution in [0.5, 0.6) is 0 Å². The van der Waals surface area contributed by atoms with Gasteiger partial charge in [-0.25, -0.2) is 0 Å². The van der Waals surface area contributed by atoms with Crippen LogP contribution in [0, 0.1) is 0 Å². The lowest BCUT2D eigenvalue weighted by atomic mass is 9.90. The van der Waals surface area contributed by atoms with Gasteiger partial charge in [0.05, 0.1) is 6.04 Å².